The molecule has 9 nitrogen and oxygen atoms in total. The van der Waals surface area contributed by atoms with Gasteiger partial charge in [-0.2, -0.15) is 0 Å². The van der Waals surface area contributed by atoms with Crippen molar-refractivity contribution in [3.05, 3.63) is 23.8 Å². The molecule has 1 N–H and O–H groups in total. The topological polar surface area (TPSA) is 106 Å². The van der Waals surface area contributed by atoms with Crippen molar-refractivity contribution in [1.29, 1.82) is 0 Å². The number of carboxylic acid groups (broad SMARTS) is 1. The van der Waals surface area contributed by atoms with Crippen molar-refractivity contribution in [2.45, 2.75) is 45.1 Å². The van der Waals surface area contributed by atoms with Crippen molar-refractivity contribution in [2.75, 3.05) is 46.1 Å². The first kappa shape index (κ1) is 23.8. The molecule has 2 heterocycles. The Hall–Kier alpha value is -2.81. The van der Waals surface area contributed by atoms with E-state index in [1.807, 2.05) is 6.92 Å². The van der Waals surface area contributed by atoms with Crippen molar-refractivity contribution >= 4 is 17.8 Å². The number of hydrogen-bond donors (Lipinski definition) is 1. The third-order valence-electron chi connectivity index (χ3n) is 5.75. The Balaban J connectivity index is 1.73. The van der Waals surface area contributed by atoms with Gasteiger partial charge in [0.15, 0.2) is 18.1 Å². The third-order valence-corrected chi connectivity index (χ3v) is 5.75. The summed E-state index contributed by atoms with van der Waals surface area (Å²) in [6.45, 7) is 4.19. The summed E-state index contributed by atoms with van der Waals surface area (Å²) in [6, 6.07) is 4.55. The van der Waals surface area contributed by atoms with E-state index in [4.69, 9.17) is 14.2 Å². The van der Waals surface area contributed by atoms with E-state index in [0.717, 1.165) is 32.4 Å². The summed E-state index contributed by atoms with van der Waals surface area (Å²) in [5, 5.41) is 9.32. The van der Waals surface area contributed by atoms with Gasteiger partial charge in [-0.15, -0.1) is 0 Å². The molecule has 2 fully saturated rings. The minimum atomic E-state index is -1.06. The van der Waals surface area contributed by atoms with Gasteiger partial charge in [0.2, 0.25) is 0 Å². The van der Waals surface area contributed by atoms with Crippen molar-refractivity contribution in [3.8, 4) is 11.5 Å². The van der Waals surface area contributed by atoms with Crippen LogP contribution in [0.4, 0.5) is 0 Å². The van der Waals surface area contributed by atoms with Crippen LogP contribution in [0.25, 0.3) is 0 Å². The fraction of sp³-hybridized carbons (Fsp3) is 0.609. The monoisotopic (exact) mass is 448 g/mol. The molecule has 176 valence electrons. The highest BCUT2D eigenvalue weighted by Crippen LogP contribution is 2.30. The Labute approximate surface area is 188 Å². The number of carbonyl (C=O) groups is 3. The van der Waals surface area contributed by atoms with Crippen LogP contribution in [0.15, 0.2) is 18.2 Å². The first-order valence-corrected chi connectivity index (χ1v) is 11.3. The van der Waals surface area contributed by atoms with Crippen LogP contribution in [0.2, 0.25) is 0 Å². The molecule has 2 saturated heterocycles. The zero-order valence-corrected chi connectivity index (χ0v) is 18.6. The Morgan fingerprint density at radius 1 is 1.09 bits per heavy atom. The lowest BCUT2D eigenvalue weighted by Crippen LogP contribution is -2.46. The number of likely N-dealkylation sites (tertiary alicyclic amines) is 1. The highest BCUT2D eigenvalue weighted by atomic mass is 16.5. The van der Waals surface area contributed by atoms with E-state index in [-0.39, 0.29) is 31.0 Å². The maximum atomic E-state index is 13.2. The molecule has 0 unspecified atom stereocenters. The lowest BCUT2D eigenvalue weighted by atomic mass is 10.0. The second-order valence-corrected chi connectivity index (χ2v) is 7.99. The second-order valence-electron chi connectivity index (χ2n) is 7.99. The van der Waals surface area contributed by atoms with Gasteiger partial charge < -0.3 is 29.1 Å². The molecule has 2 aliphatic rings. The zero-order chi connectivity index (χ0) is 22.9. The van der Waals surface area contributed by atoms with Crippen LogP contribution in [0.5, 0.6) is 11.5 Å². The molecule has 0 aromatic heterocycles. The minimum Gasteiger partial charge on any atom is -0.490 e. The first-order chi connectivity index (χ1) is 15.5. The molecule has 1 aromatic carbocycles. The molecule has 32 heavy (non-hydrogen) atoms. The van der Waals surface area contributed by atoms with Crippen LogP contribution in [-0.2, 0) is 14.3 Å². The fourth-order valence-electron chi connectivity index (χ4n) is 4.08. The van der Waals surface area contributed by atoms with Crippen molar-refractivity contribution in [1.82, 2.24) is 9.80 Å². The quantitative estimate of drug-likeness (QED) is 0.617. The standard InChI is InChI=1S/C23H32N2O7/c1-2-31-20-14-17(23(29)25(15-22(27)28)18-8-12-30-13-9-18)6-7-19(20)32-16-21(26)24-10-4-3-5-11-24/h6-7,14,18H,2-5,8-13,15-16H2,1H3,(H,27,28). The smallest absolute Gasteiger partial charge is 0.323 e. The molecule has 0 saturated carbocycles. The minimum absolute atomic E-state index is 0.0700. The first-order valence-electron chi connectivity index (χ1n) is 11.3. The molecule has 1 aromatic rings. The van der Waals surface area contributed by atoms with Crippen LogP contribution in [0.3, 0.4) is 0 Å². The van der Waals surface area contributed by atoms with Gasteiger partial charge in [0.1, 0.15) is 6.54 Å². The molecule has 0 bridgehead atoms. The summed E-state index contributed by atoms with van der Waals surface area (Å²) in [5.74, 6) is -0.779. The Kier molecular flexibility index (Phi) is 8.72. The molecular weight excluding hydrogens is 416 g/mol. The predicted molar refractivity (Wildman–Crippen MR) is 116 cm³/mol. The number of hydrogen-bond acceptors (Lipinski definition) is 6. The van der Waals surface area contributed by atoms with Gasteiger partial charge >= 0.3 is 5.97 Å². The normalized spacial score (nSPS) is 17.0. The summed E-state index contributed by atoms with van der Waals surface area (Å²) in [5.41, 5.74) is 0.316. The van der Waals surface area contributed by atoms with Gasteiger partial charge in [-0.3, -0.25) is 14.4 Å². The fourth-order valence-corrected chi connectivity index (χ4v) is 4.08. The number of ether oxygens (including phenoxy) is 3. The maximum Gasteiger partial charge on any atom is 0.323 e. The highest BCUT2D eigenvalue weighted by Gasteiger charge is 2.29. The summed E-state index contributed by atoms with van der Waals surface area (Å²) in [6.07, 6.45) is 4.34. The van der Waals surface area contributed by atoms with Crippen LogP contribution in [0.1, 0.15) is 49.4 Å². The molecule has 3 rings (SSSR count). The van der Waals surface area contributed by atoms with E-state index >= 15 is 0 Å². The van der Waals surface area contributed by atoms with E-state index in [1.54, 1.807) is 23.1 Å². The highest BCUT2D eigenvalue weighted by molar-refractivity contribution is 5.96. The number of piperidine rings is 1. The molecule has 2 amide bonds. The Morgan fingerprint density at radius 3 is 2.47 bits per heavy atom. The number of carboxylic acids is 1. The number of benzene rings is 1. The Bertz CT molecular complexity index is 802. The molecule has 0 spiro atoms. The maximum absolute atomic E-state index is 13.2. The third kappa shape index (κ3) is 6.35. The van der Waals surface area contributed by atoms with Gasteiger partial charge in [0.25, 0.3) is 11.8 Å². The SMILES string of the molecule is CCOc1cc(C(=O)N(CC(=O)O)C2CCOCC2)ccc1OCC(=O)N1CCCCC1. The number of amides is 2. The van der Waals surface area contributed by atoms with E-state index in [1.165, 1.54) is 4.90 Å². The van der Waals surface area contributed by atoms with Crippen LogP contribution in [0, 0.1) is 0 Å². The van der Waals surface area contributed by atoms with Crippen molar-refractivity contribution < 1.29 is 33.7 Å². The molecule has 2 aliphatic heterocycles. The van der Waals surface area contributed by atoms with Gasteiger partial charge in [-0.25, -0.2) is 0 Å². The lowest BCUT2D eigenvalue weighted by Gasteiger charge is -2.33. The zero-order valence-electron chi connectivity index (χ0n) is 18.6. The van der Waals surface area contributed by atoms with Gasteiger partial charge in [0.05, 0.1) is 6.61 Å². The lowest BCUT2D eigenvalue weighted by molar-refractivity contribution is -0.138. The van der Waals surface area contributed by atoms with E-state index < -0.39 is 5.97 Å². The summed E-state index contributed by atoms with van der Waals surface area (Å²) in [4.78, 5) is 40.2. The van der Waals surface area contributed by atoms with Crippen LogP contribution >= 0.6 is 0 Å². The predicted octanol–water partition coefficient (Wildman–Crippen LogP) is 2.18. The average Bonchev–Trinajstić information content (AvgIpc) is 2.82. The average molecular weight is 449 g/mol. The molecule has 0 radical (unpaired) electrons. The van der Waals surface area contributed by atoms with Crippen LogP contribution in [-0.4, -0.2) is 84.8 Å². The number of aliphatic carboxylic acids is 1. The molecule has 0 atom stereocenters. The van der Waals surface area contributed by atoms with Gasteiger partial charge in [-0.05, 0) is 57.2 Å². The molecular formula is C23H32N2O7. The molecule has 0 aliphatic carbocycles. The van der Waals surface area contributed by atoms with Crippen LogP contribution < -0.4 is 9.47 Å². The summed E-state index contributed by atoms with van der Waals surface area (Å²) >= 11 is 0. The second kappa shape index (κ2) is 11.7. The number of carbonyl (C=O) groups excluding carboxylic acids is 2. The van der Waals surface area contributed by atoms with Crippen molar-refractivity contribution in [3.63, 3.8) is 0 Å². The number of nitrogens with zero attached hydrogens (tertiary/aromatic N) is 2. The molecule has 9 heteroatoms. The van der Waals surface area contributed by atoms with Crippen molar-refractivity contribution in [2.24, 2.45) is 0 Å². The van der Waals surface area contributed by atoms with E-state index in [2.05, 4.69) is 0 Å². The number of rotatable bonds is 9. The Morgan fingerprint density at radius 2 is 1.81 bits per heavy atom. The van der Waals surface area contributed by atoms with Gasteiger partial charge in [0, 0.05) is 37.9 Å². The van der Waals surface area contributed by atoms with E-state index in [0.29, 0.717) is 49.7 Å². The summed E-state index contributed by atoms with van der Waals surface area (Å²) < 4.78 is 16.7. The summed E-state index contributed by atoms with van der Waals surface area (Å²) in [7, 11) is 0. The van der Waals surface area contributed by atoms with Gasteiger partial charge in [-0.1, -0.05) is 0 Å². The largest absolute Gasteiger partial charge is 0.490 e. The van der Waals surface area contributed by atoms with E-state index in [9.17, 15) is 19.5 Å².